The van der Waals surface area contributed by atoms with Crippen molar-refractivity contribution in [2.24, 2.45) is 29.6 Å². The van der Waals surface area contributed by atoms with Crippen LogP contribution in [-0.2, 0) is 28.8 Å². The summed E-state index contributed by atoms with van der Waals surface area (Å²) in [5.74, 6) is -6.05. The molecular formula is C34H42N2O9. The number of amides is 4. The molecule has 6 atom stereocenters. The number of carbonyl (C=O) groups is 6. The van der Waals surface area contributed by atoms with Gasteiger partial charge < -0.3 is 15.3 Å². The number of likely N-dealkylation sites (tertiary alicyclic amines) is 2. The molecule has 0 bridgehead atoms. The molecule has 3 fully saturated rings. The Kier molecular flexibility index (Phi) is 9.46. The molecule has 11 nitrogen and oxygen atoms in total. The number of unbranched alkanes of at least 4 members (excludes halogenated alkanes) is 4. The van der Waals surface area contributed by atoms with Crippen molar-refractivity contribution in [3.63, 3.8) is 0 Å². The van der Waals surface area contributed by atoms with Gasteiger partial charge in [-0.05, 0) is 75.0 Å². The number of hydrogen-bond acceptors (Lipinski definition) is 7. The number of carbonyl (C=O) groups excluding carboxylic acids is 4. The number of phenols is 1. The van der Waals surface area contributed by atoms with Gasteiger partial charge in [0, 0.05) is 31.8 Å². The van der Waals surface area contributed by atoms with Crippen LogP contribution in [0.2, 0.25) is 0 Å². The number of hydrogen-bond donors (Lipinski definition) is 3. The molecule has 1 aromatic carbocycles. The van der Waals surface area contributed by atoms with Crippen LogP contribution in [0.5, 0.6) is 5.75 Å². The van der Waals surface area contributed by atoms with Crippen LogP contribution < -0.4 is 0 Å². The summed E-state index contributed by atoms with van der Waals surface area (Å²) in [6.07, 6.45) is 5.79. The molecule has 2 saturated heterocycles. The van der Waals surface area contributed by atoms with Crippen LogP contribution in [0.4, 0.5) is 0 Å². The molecular weight excluding hydrogens is 580 g/mol. The molecule has 0 spiro atoms. The average molecular weight is 623 g/mol. The Morgan fingerprint density at radius 1 is 0.711 bits per heavy atom. The molecule has 2 heterocycles. The maximum absolute atomic E-state index is 14.0. The predicted octanol–water partition coefficient (Wildman–Crippen LogP) is 3.94. The Bertz CT molecular complexity index is 1430. The van der Waals surface area contributed by atoms with Gasteiger partial charge in [-0.1, -0.05) is 36.6 Å². The van der Waals surface area contributed by atoms with Gasteiger partial charge in [0.05, 0.1) is 23.7 Å². The molecule has 0 aromatic heterocycles. The van der Waals surface area contributed by atoms with Gasteiger partial charge >= 0.3 is 11.9 Å². The fraction of sp³-hybridized carbons (Fsp3) is 0.588. The monoisotopic (exact) mass is 622 g/mol. The number of phenolic OH excluding ortho intramolecular Hbond substituents is 1. The molecule has 45 heavy (non-hydrogen) atoms. The Labute approximate surface area is 262 Å². The highest BCUT2D eigenvalue weighted by Gasteiger charge is 2.61. The first-order chi connectivity index (χ1) is 21.4. The first-order valence-corrected chi connectivity index (χ1v) is 16.1. The van der Waals surface area contributed by atoms with Gasteiger partial charge in [-0.3, -0.25) is 38.6 Å². The van der Waals surface area contributed by atoms with Crippen molar-refractivity contribution in [1.82, 2.24) is 9.80 Å². The minimum Gasteiger partial charge on any atom is -0.507 e. The van der Waals surface area contributed by atoms with Crippen LogP contribution in [0.1, 0.15) is 86.8 Å². The number of carboxylic acid groups (broad SMARTS) is 2. The summed E-state index contributed by atoms with van der Waals surface area (Å²) in [7, 11) is 0. The smallest absolute Gasteiger partial charge is 0.303 e. The maximum Gasteiger partial charge on any atom is 0.303 e. The van der Waals surface area contributed by atoms with Crippen LogP contribution in [0.25, 0.3) is 0 Å². The molecule has 2 aliphatic carbocycles. The lowest BCUT2D eigenvalue weighted by Gasteiger charge is -2.44. The zero-order valence-electron chi connectivity index (χ0n) is 25.9. The maximum atomic E-state index is 14.0. The SMILES string of the molecule is Cc1cc([C@H]2C3=CC[C@@H]4C(=O)N(CCCCCC(=O)O)C(=O)[C@@H]4[C@@H]3C[C@H]3C(=O)N(CCCCCC(=O)O)C(=O)[C@@H]23)cc(C)c1O. The lowest BCUT2D eigenvalue weighted by atomic mass is 9.57. The first-order valence-electron chi connectivity index (χ1n) is 16.1. The topological polar surface area (TPSA) is 170 Å². The standard InChI is InChI=1S/C34H42N2O9/c1-18-15-20(16-19(2)30(18)41)27-21-11-12-22-28(33(44)35(31(22)42)13-7-3-5-9-25(37)38)23(21)17-24-29(27)34(45)36(32(24)43)14-8-4-6-10-26(39)40/h11,15-16,22-24,27-29,41H,3-10,12-14,17H2,1-2H3,(H,37,38)(H,39,40)/t22-,23+,24+,27-,28-,29+/m0/s1. The highest BCUT2D eigenvalue weighted by Crippen LogP contribution is 2.58. The number of allylic oxidation sites excluding steroid dienone is 2. The van der Waals surface area contributed by atoms with Gasteiger partial charge in [-0.25, -0.2) is 0 Å². The van der Waals surface area contributed by atoms with E-state index in [2.05, 4.69) is 0 Å². The minimum atomic E-state index is -0.887. The van der Waals surface area contributed by atoms with Gasteiger partial charge in [-0.15, -0.1) is 0 Å². The predicted molar refractivity (Wildman–Crippen MR) is 161 cm³/mol. The molecule has 0 radical (unpaired) electrons. The number of aliphatic carboxylic acids is 2. The van der Waals surface area contributed by atoms with Gasteiger partial charge in [0.25, 0.3) is 0 Å². The van der Waals surface area contributed by atoms with Crippen molar-refractivity contribution < 1.29 is 44.1 Å². The second-order valence-electron chi connectivity index (χ2n) is 13.1. The van der Waals surface area contributed by atoms with E-state index < -0.39 is 47.4 Å². The molecule has 3 N–H and O–H groups in total. The molecule has 4 aliphatic rings. The van der Waals surface area contributed by atoms with Crippen molar-refractivity contribution in [2.45, 2.75) is 84.0 Å². The second-order valence-corrected chi connectivity index (χ2v) is 13.1. The Morgan fingerprint density at radius 2 is 1.22 bits per heavy atom. The largest absolute Gasteiger partial charge is 0.507 e. The molecule has 1 saturated carbocycles. The van der Waals surface area contributed by atoms with Crippen molar-refractivity contribution >= 4 is 35.6 Å². The van der Waals surface area contributed by atoms with Crippen molar-refractivity contribution in [3.8, 4) is 5.75 Å². The van der Waals surface area contributed by atoms with Crippen molar-refractivity contribution in [3.05, 3.63) is 40.5 Å². The molecule has 5 rings (SSSR count). The third kappa shape index (κ3) is 6.13. The number of aryl methyl sites for hydroxylation is 2. The highest BCUT2D eigenvalue weighted by molar-refractivity contribution is 6.08. The molecule has 1 aromatic rings. The normalized spacial score (nSPS) is 27.4. The number of fused-ring (bicyclic) bond motifs is 4. The Hall–Kier alpha value is -4.02. The van der Waals surface area contributed by atoms with E-state index in [1.807, 2.05) is 18.2 Å². The van der Waals surface area contributed by atoms with E-state index in [0.717, 1.165) is 11.1 Å². The second kappa shape index (κ2) is 13.1. The zero-order chi connectivity index (χ0) is 32.6. The summed E-state index contributed by atoms with van der Waals surface area (Å²) >= 11 is 0. The number of carboxylic acids is 2. The summed E-state index contributed by atoms with van der Waals surface area (Å²) in [6, 6.07) is 3.69. The number of rotatable bonds is 13. The quantitative estimate of drug-likeness (QED) is 0.168. The summed E-state index contributed by atoms with van der Waals surface area (Å²) in [5, 5.41) is 28.3. The summed E-state index contributed by atoms with van der Waals surface area (Å²) in [4.78, 5) is 79.6. The van der Waals surface area contributed by atoms with E-state index in [1.54, 1.807) is 13.8 Å². The minimum absolute atomic E-state index is 0.0270. The number of nitrogens with zero attached hydrogens (tertiary/aromatic N) is 2. The van der Waals surface area contributed by atoms with Crippen molar-refractivity contribution in [2.75, 3.05) is 13.1 Å². The Balaban J connectivity index is 1.43. The third-order valence-electron chi connectivity index (χ3n) is 10.2. The number of imide groups is 2. The highest BCUT2D eigenvalue weighted by atomic mass is 16.4. The van der Waals surface area contributed by atoms with E-state index in [9.17, 15) is 33.9 Å². The lowest BCUT2D eigenvalue weighted by molar-refractivity contribution is -0.142. The van der Waals surface area contributed by atoms with Crippen LogP contribution in [0.15, 0.2) is 23.8 Å². The number of benzene rings is 1. The van der Waals surface area contributed by atoms with Crippen molar-refractivity contribution in [1.29, 1.82) is 0 Å². The molecule has 0 unspecified atom stereocenters. The van der Waals surface area contributed by atoms with Gasteiger partial charge in [0.1, 0.15) is 5.75 Å². The van der Waals surface area contributed by atoms with E-state index in [0.29, 0.717) is 56.1 Å². The third-order valence-corrected chi connectivity index (χ3v) is 10.2. The molecule has 4 amide bonds. The molecule has 11 heteroatoms. The van der Waals surface area contributed by atoms with Gasteiger partial charge in [-0.2, -0.15) is 0 Å². The van der Waals surface area contributed by atoms with E-state index in [4.69, 9.17) is 10.2 Å². The van der Waals surface area contributed by atoms with Crippen LogP contribution in [0.3, 0.4) is 0 Å². The van der Waals surface area contributed by atoms with E-state index >= 15 is 0 Å². The van der Waals surface area contributed by atoms with Crippen LogP contribution in [0, 0.1) is 43.4 Å². The first kappa shape index (κ1) is 32.4. The molecule has 2 aliphatic heterocycles. The van der Waals surface area contributed by atoms with Crippen LogP contribution >= 0.6 is 0 Å². The fourth-order valence-electron chi connectivity index (χ4n) is 8.15. The summed E-state index contributed by atoms with van der Waals surface area (Å²) < 4.78 is 0. The van der Waals surface area contributed by atoms with E-state index in [1.165, 1.54) is 9.80 Å². The average Bonchev–Trinajstić information content (AvgIpc) is 3.37. The van der Waals surface area contributed by atoms with Gasteiger partial charge in [0.15, 0.2) is 0 Å². The van der Waals surface area contributed by atoms with Crippen LogP contribution in [-0.4, -0.2) is 73.8 Å². The summed E-state index contributed by atoms with van der Waals surface area (Å²) in [6.45, 7) is 4.00. The number of aromatic hydroxyl groups is 1. The molecule has 242 valence electrons. The fourth-order valence-corrected chi connectivity index (χ4v) is 8.15. The van der Waals surface area contributed by atoms with Gasteiger partial charge in [0.2, 0.25) is 23.6 Å². The summed E-state index contributed by atoms with van der Waals surface area (Å²) in [5.41, 5.74) is 2.98. The zero-order valence-corrected chi connectivity index (χ0v) is 25.9. The lowest BCUT2D eigenvalue weighted by Crippen LogP contribution is -2.43. The Morgan fingerprint density at radius 3 is 1.76 bits per heavy atom. The van der Waals surface area contributed by atoms with E-state index in [-0.39, 0.29) is 61.7 Å².